The van der Waals surface area contributed by atoms with Crippen molar-refractivity contribution in [3.8, 4) is 0 Å². The van der Waals surface area contributed by atoms with Gasteiger partial charge in [-0.15, -0.1) is 0 Å². The van der Waals surface area contributed by atoms with Crippen LogP contribution in [0.25, 0.3) is 0 Å². The molecule has 2 fully saturated rings. The Balaban J connectivity index is 1.48. The fraction of sp³-hybridized carbons (Fsp3) is 0.923. The summed E-state index contributed by atoms with van der Waals surface area (Å²) < 4.78 is 0. The van der Waals surface area contributed by atoms with Crippen molar-refractivity contribution in [3.05, 3.63) is 0 Å². The molecule has 0 aliphatic carbocycles. The molecule has 2 N–H and O–H groups in total. The fourth-order valence-electron chi connectivity index (χ4n) is 2.58. The summed E-state index contributed by atoms with van der Waals surface area (Å²) in [5, 5.41) is 6.43. The molecular formula is C13H25N3OS. The van der Waals surface area contributed by atoms with Gasteiger partial charge in [-0.3, -0.25) is 4.79 Å². The van der Waals surface area contributed by atoms with Gasteiger partial charge >= 0.3 is 0 Å². The molecule has 2 heterocycles. The van der Waals surface area contributed by atoms with E-state index < -0.39 is 0 Å². The topological polar surface area (TPSA) is 44.4 Å². The van der Waals surface area contributed by atoms with Gasteiger partial charge in [-0.1, -0.05) is 0 Å². The summed E-state index contributed by atoms with van der Waals surface area (Å²) in [7, 11) is 0. The number of hydrogen-bond acceptors (Lipinski definition) is 4. The summed E-state index contributed by atoms with van der Waals surface area (Å²) in [6, 6.07) is 0.377. The maximum atomic E-state index is 11.7. The summed E-state index contributed by atoms with van der Waals surface area (Å²) in [5.74, 6) is 2.45. The lowest BCUT2D eigenvalue weighted by molar-refractivity contribution is -0.121. The van der Waals surface area contributed by atoms with Gasteiger partial charge in [-0.2, -0.15) is 11.8 Å². The zero-order valence-electron chi connectivity index (χ0n) is 11.1. The third kappa shape index (κ3) is 5.16. The number of rotatable bonds is 6. The van der Waals surface area contributed by atoms with E-state index in [0.29, 0.717) is 12.5 Å². The molecular weight excluding hydrogens is 246 g/mol. The molecule has 2 aliphatic heterocycles. The molecule has 5 heteroatoms. The third-order valence-electron chi connectivity index (χ3n) is 3.60. The van der Waals surface area contributed by atoms with Crippen molar-refractivity contribution in [3.63, 3.8) is 0 Å². The monoisotopic (exact) mass is 271 g/mol. The molecule has 1 amide bonds. The fourth-order valence-corrected chi connectivity index (χ4v) is 3.53. The van der Waals surface area contributed by atoms with Crippen LogP contribution < -0.4 is 10.6 Å². The number of carbonyl (C=O) groups excluding carboxylic acids is 1. The van der Waals surface area contributed by atoms with Gasteiger partial charge in [0.2, 0.25) is 5.91 Å². The Bertz CT molecular complexity index is 251. The zero-order chi connectivity index (χ0) is 12.6. The van der Waals surface area contributed by atoms with E-state index in [1.165, 1.54) is 31.7 Å². The molecule has 0 aromatic heterocycles. The highest BCUT2D eigenvalue weighted by Gasteiger charge is 2.16. The van der Waals surface area contributed by atoms with Crippen LogP contribution in [0.1, 0.15) is 25.7 Å². The SMILES string of the molecule is O=C(CC1CSCCN1)NCCCN1CCCC1. The first-order valence-electron chi connectivity index (χ1n) is 7.15. The zero-order valence-corrected chi connectivity index (χ0v) is 11.9. The molecule has 0 bridgehead atoms. The highest BCUT2D eigenvalue weighted by atomic mass is 32.2. The van der Waals surface area contributed by atoms with Gasteiger partial charge in [-0.05, 0) is 38.9 Å². The second-order valence-corrected chi connectivity index (χ2v) is 6.33. The van der Waals surface area contributed by atoms with E-state index in [9.17, 15) is 4.79 Å². The lowest BCUT2D eigenvalue weighted by Crippen LogP contribution is -2.41. The predicted molar refractivity (Wildman–Crippen MR) is 77.0 cm³/mol. The van der Waals surface area contributed by atoms with Crippen LogP contribution in [0.5, 0.6) is 0 Å². The van der Waals surface area contributed by atoms with Crippen molar-refractivity contribution in [2.75, 3.05) is 44.2 Å². The maximum absolute atomic E-state index is 11.7. The van der Waals surface area contributed by atoms with Gasteiger partial charge < -0.3 is 15.5 Å². The number of hydrogen-bond donors (Lipinski definition) is 2. The van der Waals surface area contributed by atoms with Gasteiger partial charge in [0.1, 0.15) is 0 Å². The van der Waals surface area contributed by atoms with Crippen LogP contribution in [-0.4, -0.2) is 61.1 Å². The van der Waals surface area contributed by atoms with E-state index in [4.69, 9.17) is 0 Å². The molecule has 1 unspecified atom stereocenters. The number of amides is 1. The van der Waals surface area contributed by atoms with Crippen molar-refractivity contribution in [2.45, 2.75) is 31.7 Å². The number of likely N-dealkylation sites (tertiary alicyclic amines) is 1. The maximum Gasteiger partial charge on any atom is 0.221 e. The Kier molecular flexibility index (Phi) is 6.31. The van der Waals surface area contributed by atoms with Gasteiger partial charge in [0.05, 0.1) is 0 Å². The first-order valence-corrected chi connectivity index (χ1v) is 8.30. The van der Waals surface area contributed by atoms with Crippen LogP contribution in [0.2, 0.25) is 0 Å². The van der Waals surface area contributed by atoms with Gasteiger partial charge in [0.15, 0.2) is 0 Å². The summed E-state index contributed by atoms with van der Waals surface area (Å²) in [4.78, 5) is 14.2. The van der Waals surface area contributed by atoms with E-state index in [1.807, 2.05) is 11.8 Å². The average molecular weight is 271 g/mol. The van der Waals surface area contributed by atoms with E-state index in [-0.39, 0.29) is 5.91 Å². The molecule has 1 atom stereocenters. The first kappa shape index (κ1) is 14.2. The normalized spacial score (nSPS) is 25.2. The van der Waals surface area contributed by atoms with Crippen LogP contribution in [-0.2, 0) is 4.79 Å². The second-order valence-electron chi connectivity index (χ2n) is 5.18. The lowest BCUT2D eigenvalue weighted by atomic mass is 10.2. The molecule has 2 saturated heterocycles. The summed E-state index contributed by atoms with van der Waals surface area (Å²) in [6.45, 7) is 5.50. The van der Waals surface area contributed by atoms with E-state index >= 15 is 0 Å². The lowest BCUT2D eigenvalue weighted by Gasteiger charge is -2.22. The van der Waals surface area contributed by atoms with Crippen molar-refractivity contribution in [1.82, 2.24) is 15.5 Å². The van der Waals surface area contributed by atoms with Gasteiger partial charge in [0.25, 0.3) is 0 Å². The van der Waals surface area contributed by atoms with Crippen LogP contribution in [0.15, 0.2) is 0 Å². The highest BCUT2D eigenvalue weighted by Crippen LogP contribution is 2.10. The second kappa shape index (κ2) is 8.02. The summed E-state index contributed by atoms with van der Waals surface area (Å²) in [5.41, 5.74) is 0. The Morgan fingerprint density at radius 1 is 1.39 bits per heavy atom. The average Bonchev–Trinajstić information content (AvgIpc) is 2.89. The smallest absolute Gasteiger partial charge is 0.221 e. The minimum absolute atomic E-state index is 0.205. The third-order valence-corrected chi connectivity index (χ3v) is 4.73. The summed E-state index contributed by atoms with van der Waals surface area (Å²) in [6.07, 6.45) is 4.41. The van der Waals surface area contributed by atoms with Crippen molar-refractivity contribution >= 4 is 17.7 Å². The number of thioether (sulfide) groups is 1. The molecule has 4 nitrogen and oxygen atoms in total. The van der Waals surface area contributed by atoms with Crippen molar-refractivity contribution in [1.29, 1.82) is 0 Å². The van der Waals surface area contributed by atoms with Crippen LogP contribution in [0.3, 0.4) is 0 Å². The molecule has 0 radical (unpaired) electrons. The van der Waals surface area contributed by atoms with E-state index in [2.05, 4.69) is 15.5 Å². The molecule has 0 spiro atoms. The first-order chi connectivity index (χ1) is 8.84. The van der Waals surface area contributed by atoms with Crippen molar-refractivity contribution < 1.29 is 4.79 Å². The van der Waals surface area contributed by atoms with Crippen molar-refractivity contribution in [2.24, 2.45) is 0 Å². The molecule has 104 valence electrons. The van der Waals surface area contributed by atoms with Crippen LogP contribution >= 0.6 is 11.8 Å². The molecule has 2 aliphatic rings. The standard InChI is InChI=1S/C13H25N3OS/c17-13(10-12-11-18-9-5-14-12)15-4-3-8-16-6-1-2-7-16/h12,14H,1-11H2,(H,15,17). The number of nitrogens with one attached hydrogen (secondary N) is 2. The predicted octanol–water partition coefficient (Wildman–Crippen LogP) is 0.684. The molecule has 18 heavy (non-hydrogen) atoms. The number of carbonyl (C=O) groups is 1. The van der Waals surface area contributed by atoms with Crippen LogP contribution in [0.4, 0.5) is 0 Å². The number of nitrogens with zero attached hydrogens (tertiary/aromatic N) is 1. The van der Waals surface area contributed by atoms with Gasteiger partial charge in [-0.25, -0.2) is 0 Å². The quantitative estimate of drug-likeness (QED) is 0.698. The molecule has 2 rings (SSSR count). The Labute approximate surface area is 114 Å². The molecule has 0 aromatic rings. The van der Waals surface area contributed by atoms with E-state index in [0.717, 1.165) is 31.8 Å². The van der Waals surface area contributed by atoms with E-state index in [1.54, 1.807) is 0 Å². The van der Waals surface area contributed by atoms with Crippen LogP contribution in [0, 0.1) is 0 Å². The highest BCUT2D eigenvalue weighted by molar-refractivity contribution is 7.99. The Hall–Kier alpha value is -0.260. The van der Waals surface area contributed by atoms with Gasteiger partial charge in [0, 0.05) is 37.1 Å². The Morgan fingerprint density at radius 3 is 2.94 bits per heavy atom. The minimum atomic E-state index is 0.205. The minimum Gasteiger partial charge on any atom is -0.356 e. The summed E-state index contributed by atoms with van der Waals surface area (Å²) >= 11 is 1.94. The molecule has 0 aromatic carbocycles. The Morgan fingerprint density at radius 2 is 2.22 bits per heavy atom. The molecule has 0 saturated carbocycles. The largest absolute Gasteiger partial charge is 0.356 e.